The number of benzene rings is 2. The summed E-state index contributed by atoms with van der Waals surface area (Å²) in [5.41, 5.74) is 8.20. The van der Waals surface area contributed by atoms with E-state index in [0.29, 0.717) is 0 Å². The lowest BCUT2D eigenvalue weighted by Crippen LogP contribution is -2.38. The van der Waals surface area contributed by atoms with E-state index >= 15 is 0 Å². The Labute approximate surface area is 223 Å². The van der Waals surface area contributed by atoms with E-state index in [4.69, 9.17) is 4.98 Å². The van der Waals surface area contributed by atoms with Gasteiger partial charge < -0.3 is 10.4 Å². The third-order valence-corrected chi connectivity index (χ3v) is 7.91. The SMILES string of the molecule is OCC1(CNCc2ccc(-c3nc4ccnc(-c5cn[nH]c5)c4cc3-c3ccccc3)cc2)CCCCC1. The summed E-state index contributed by atoms with van der Waals surface area (Å²) in [5.74, 6) is 0. The average Bonchev–Trinajstić information content (AvgIpc) is 3.52. The first-order valence-corrected chi connectivity index (χ1v) is 13.5. The molecule has 3 N–H and O–H groups in total. The van der Waals surface area contributed by atoms with Gasteiger partial charge >= 0.3 is 0 Å². The molecule has 1 saturated carbocycles. The van der Waals surface area contributed by atoms with E-state index in [0.717, 1.165) is 70.5 Å². The van der Waals surface area contributed by atoms with Crippen LogP contribution in [0.25, 0.3) is 44.5 Å². The number of hydrogen-bond donors (Lipinski definition) is 3. The highest BCUT2D eigenvalue weighted by atomic mass is 16.3. The highest BCUT2D eigenvalue weighted by Gasteiger charge is 2.30. The van der Waals surface area contributed by atoms with E-state index < -0.39 is 0 Å². The summed E-state index contributed by atoms with van der Waals surface area (Å²) in [5, 5.41) is 21.6. The molecular formula is C32H33N5O. The number of nitrogens with one attached hydrogen (secondary N) is 2. The summed E-state index contributed by atoms with van der Waals surface area (Å²) in [6.45, 7) is 1.92. The molecule has 0 spiro atoms. The fourth-order valence-electron chi connectivity index (χ4n) is 5.71. The lowest BCUT2D eigenvalue weighted by Gasteiger charge is -2.35. The molecule has 0 radical (unpaired) electrons. The van der Waals surface area contributed by atoms with Crippen LogP contribution in [0.3, 0.4) is 0 Å². The number of H-pyrrole nitrogens is 1. The third-order valence-electron chi connectivity index (χ3n) is 7.91. The van der Waals surface area contributed by atoms with Crippen LogP contribution in [0.2, 0.25) is 0 Å². The molecule has 1 aliphatic rings. The van der Waals surface area contributed by atoms with E-state index in [9.17, 15) is 5.11 Å². The van der Waals surface area contributed by atoms with Gasteiger partial charge in [-0.25, -0.2) is 4.98 Å². The van der Waals surface area contributed by atoms with Crippen molar-refractivity contribution < 1.29 is 5.11 Å². The average molecular weight is 504 g/mol. The molecule has 6 nitrogen and oxygen atoms in total. The van der Waals surface area contributed by atoms with Crippen molar-refractivity contribution in [2.45, 2.75) is 38.6 Å². The molecule has 3 heterocycles. The highest BCUT2D eigenvalue weighted by molar-refractivity contribution is 5.98. The molecule has 0 aliphatic heterocycles. The predicted molar refractivity (Wildman–Crippen MR) is 152 cm³/mol. The van der Waals surface area contributed by atoms with Crippen LogP contribution in [0.1, 0.15) is 37.7 Å². The molecule has 1 aliphatic carbocycles. The molecule has 3 aromatic heterocycles. The van der Waals surface area contributed by atoms with Gasteiger partial charge in [-0.15, -0.1) is 0 Å². The maximum atomic E-state index is 10.0. The summed E-state index contributed by atoms with van der Waals surface area (Å²) in [4.78, 5) is 9.80. The number of aromatic nitrogens is 4. The first-order valence-electron chi connectivity index (χ1n) is 13.5. The standard InChI is InChI=1S/C32H33N5O/c38-22-32(14-5-2-6-15-32)21-33-18-23-9-11-25(12-10-23)31-27(24-7-3-1-4-8-24)17-28-29(37-31)13-16-34-30(28)26-19-35-36-20-26/h1,3-4,7-13,16-17,19-20,33,38H,2,5-6,14-15,18,21-22H2,(H,35,36). The molecule has 38 heavy (non-hydrogen) atoms. The first kappa shape index (κ1) is 24.5. The second-order valence-electron chi connectivity index (χ2n) is 10.5. The molecule has 5 aromatic rings. The van der Waals surface area contributed by atoms with E-state index in [1.807, 2.05) is 24.5 Å². The third kappa shape index (κ3) is 4.97. The quantitative estimate of drug-likeness (QED) is 0.229. The molecule has 6 heteroatoms. The predicted octanol–water partition coefficient (Wildman–Crippen LogP) is 6.39. The Kier molecular flexibility index (Phi) is 6.99. The molecule has 0 bridgehead atoms. The largest absolute Gasteiger partial charge is 0.396 e. The van der Waals surface area contributed by atoms with Crippen LogP contribution in [-0.4, -0.2) is 38.4 Å². The zero-order chi connectivity index (χ0) is 25.8. The van der Waals surface area contributed by atoms with Gasteiger partial charge in [0.1, 0.15) is 0 Å². The van der Waals surface area contributed by atoms with Crippen molar-refractivity contribution in [3.8, 4) is 33.6 Å². The minimum atomic E-state index is 0.0436. The Morgan fingerprint density at radius 3 is 2.42 bits per heavy atom. The Hall–Kier alpha value is -3.87. The summed E-state index contributed by atoms with van der Waals surface area (Å²) in [7, 11) is 0. The number of rotatable bonds is 8. The smallest absolute Gasteiger partial charge is 0.0827 e. The summed E-state index contributed by atoms with van der Waals surface area (Å²) >= 11 is 0. The number of aliphatic hydroxyl groups is 1. The van der Waals surface area contributed by atoms with Gasteiger partial charge in [0.05, 0.1) is 23.1 Å². The minimum absolute atomic E-state index is 0.0436. The summed E-state index contributed by atoms with van der Waals surface area (Å²) < 4.78 is 0. The lowest BCUT2D eigenvalue weighted by molar-refractivity contribution is 0.0810. The number of aromatic amines is 1. The van der Waals surface area contributed by atoms with Crippen molar-refractivity contribution in [3.05, 3.63) is 90.9 Å². The highest BCUT2D eigenvalue weighted by Crippen LogP contribution is 2.37. The number of nitrogens with zero attached hydrogens (tertiary/aromatic N) is 3. The van der Waals surface area contributed by atoms with E-state index in [1.54, 1.807) is 6.20 Å². The van der Waals surface area contributed by atoms with Crippen LogP contribution in [-0.2, 0) is 6.54 Å². The number of fused-ring (bicyclic) bond motifs is 1. The second-order valence-corrected chi connectivity index (χ2v) is 10.5. The van der Waals surface area contributed by atoms with Crippen molar-refractivity contribution in [2.24, 2.45) is 5.41 Å². The van der Waals surface area contributed by atoms with Crippen LogP contribution < -0.4 is 5.32 Å². The Balaban J connectivity index is 1.31. The number of pyridine rings is 2. The van der Waals surface area contributed by atoms with Crippen LogP contribution in [0, 0.1) is 5.41 Å². The topological polar surface area (TPSA) is 86.7 Å². The molecule has 6 rings (SSSR count). The zero-order valence-electron chi connectivity index (χ0n) is 21.5. The Morgan fingerprint density at radius 2 is 1.68 bits per heavy atom. The van der Waals surface area contributed by atoms with Gasteiger partial charge in [-0.2, -0.15) is 5.10 Å². The van der Waals surface area contributed by atoms with Crippen molar-refractivity contribution in [1.82, 2.24) is 25.5 Å². The first-order chi connectivity index (χ1) is 18.7. The van der Waals surface area contributed by atoms with Gasteiger partial charge in [-0.05, 0) is 36.1 Å². The van der Waals surface area contributed by atoms with Crippen LogP contribution in [0.15, 0.2) is 85.3 Å². The van der Waals surface area contributed by atoms with E-state index in [1.165, 1.54) is 24.8 Å². The second kappa shape index (κ2) is 10.9. The van der Waals surface area contributed by atoms with Crippen LogP contribution in [0.5, 0.6) is 0 Å². The maximum absolute atomic E-state index is 10.0. The monoisotopic (exact) mass is 503 g/mol. The van der Waals surface area contributed by atoms with Crippen molar-refractivity contribution in [1.29, 1.82) is 0 Å². The van der Waals surface area contributed by atoms with Crippen molar-refractivity contribution in [3.63, 3.8) is 0 Å². The van der Waals surface area contributed by atoms with Crippen LogP contribution >= 0.6 is 0 Å². The van der Waals surface area contributed by atoms with Gasteiger partial charge in [0.2, 0.25) is 0 Å². The van der Waals surface area contributed by atoms with Gasteiger partial charge in [0.25, 0.3) is 0 Å². The van der Waals surface area contributed by atoms with Gasteiger partial charge in [0.15, 0.2) is 0 Å². The molecule has 1 fully saturated rings. The zero-order valence-corrected chi connectivity index (χ0v) is 21.5. The normalized spacial score (nSPS) is 15.1. The van der Waals surface area contributed by atoms with Crippen LogP contribution in [0.4, 0.5) is 0 Å². The molecular weight excluding hydrogens is 470 g/mol. The van der Waals surface area contributed by atoms with Gasteiger partial charge in [-0.3, -0.25) is 10.1 Å². The Morgan fingerprint density at radius 1 is 0.868 bits per heavy atom. The Bertz CT molecular complexity index is 1490. The molecule has 2 aromatic carbocycles. The minimum Gasteiger partial charge on any atom is -0.396 e. The molecule has 0 atom stereocenters. The van der Waals surface area contributed by atoms with E-state index in [2.05, 4.69) is 75.1 Å². The fourth-order valence-corrected chi connectivity index (χ4v) is 5.71. The summed E-state index contributed by atoms with van der Waals surface area (Å²) in [6.07, 6.45) is 11.4. The lowest BCUT2D eigenvalue weighted by atomic mass is 9.74. The van der Waals surface area contributed by atoms with Gasteiger partial charge in [0, 0.05) is 59.6 Å². The molecule has 192 valence electrons. The molecule has 0 unspecified atom stereocenters. The van der Waals surface area contributed by atoms with Crippen molar-refractivity contribution in [2.75, 3.05) is 13.2 Å². The molecule has 0 amide bonds. The fraction of sp³-hybridized carbons (Fsp3) is 0.281. The maximum Gasteiger partial charge on any atom is 0.0827 e. The number of hydrogen-bond acceptors (Lipinski definition) is 5. The van der Waals surface area contributed by atoms with E-state index in [-0.39, 0.29) is 12.0 Å². The number of aliphatic hydroxyl groups excluding tert-OH is 1. The van der Waals surface area contributed by atoms with Gasteiger partial charge in [-0.1, -0.05) is 73.9 Å². The molecule has 0 saturated heterocycles. The summed E-state index contributed by atoms with van der Waals surface area (Å²) in [6, 6.07) is 23.3. The van der Waals surface area contributed by atoms with Crippen molar-refractivity contribution >= 4 is 10.9 Å².